The van der Waals surface area contributed by atoms with Crippen LogP contribution in [0.2, 0.25) is 5.02 Å². The number of nitrogens with one attached hydrogen (secondary N) is 1. The summed E-state index contributed by atoms with van der Waals surface area (Å²) >= 11 is 6.04. The highest BCUT2D eigenvalue weighted by Gasteiger charge is 2.02. The molecule has 0 unspecified atom stereocenters. The normalized spacial score (nSPS) is 14.8. The Balaban J connectivity index is 2.46. The monoisotopic (exact) mass is 229 g/mol. The molecule has 0 fully saturated rings. The number of aromatic nitrogens is 1. The summed E-state index contributed by atoms with van der Waals surface area (Å²) < 4.78 is 0. The van der Waals surface area contributed by atoms with Crippen molar-refractivity contribution in [3.8, 4) is 0 Å². The molecule has 3 rings (SSSR count). The lowest BCUT2D eigenvalue weighted by Crippen LogP contribution is -2.21. The standard InChI is InChI=1S/C14H12ClN/c1-9-2-5-11-12-8-10(15)4-7-14(12)16-13(11)6-3-9/h3-8,16H,2H2,1H3. The van der Waals surface area contributed by atoms with Crippen molar-refractivity contribution in [2.75, 3.05) is 0 Å². The van der Waals surface area contributed by atoms with Gasteiger partial charge in [0.1, 0.15) is 0 Å². The maximum absolute atomic E-state index is 6.04. The van der Waals surface area contributed by atoms with E-state index in [2.05, 4.69) is 30.1 Å². The number of fused-ring (bicyclic) bond motifs is 3. The van der Waals surface area contributed by atoms with E-state index < -0.39 is 0 Å². The first-order chi connectivity index (χ1) is 7.74. The van der Waals surface area contributed by atoms with Crippen LogP contribution in [0.1, 0.15) is 13.3 Å². The Labute approximate surface area is 98.7 Å². The quantitative estimate of drug-likeness (QED) is 0.715. The van der Waals surface area contributed by atoms with Gasteiger partial charge in [-0.25, -0.2) is 0 Å². The molecule has 0 atom stereocenters. The maximum atomic E-state index is 6.04. The molecule has 1 aliphatic carbocycles. The van der Waals surface area contributed by atoms with Crippen molar-refractivity contribution in [2.45, 2.75) is 13.3 Å². The van der Waals surface area contributed by atoms with Crippen LogP contribution in [0.4, 0.5) is 0 Å². The van der Waals surface area contributed by atoms with Crippen molar-refractivity contribution in [3.05, 3.63) is 45.4 Å². The van der Waals surface area contributed by atoms with Gasteiger partial charge in [-0.1, -0.05) is 29.3 Å². The maximum Gasteiger partial charge on any atom is 0.0465 e. The SMILES string of the molecule is CC1=CC=c2[nH]c3ccc(Cl)cc3c2=CC1. The van der Waals surface area contributed by atoms with Gasteiger partial charge in [0, 0.05) is 26.5 Å². The molecule has 0 bridgehead atoms. The van der Waals surface area contributed by atoms with E-state index in [1.807, 2.05) is 18.2 Å². The molecule has 2 aromatic rings. The smallest absolute Gasteiger partial charge is 0.0465 e. The van der Waals surface area contributed by atoms with Gasteiger partial charge in [0.15, 0.2) is 0 Å². The third kappa shape index (κ3) is 1.48. The van der Waals surface area contributed by atoms with E-state index in [0.29, 0.717) is 0 Å². The van der Waals surface area contributed by atoms with Gasteiger partial charge in [-0.05, 0) is 37.6 Å². The van der Waals surface area contributed by atoms with E-state index in [0.717, 1.165) is 17.0 Å². The Morgan fingerprint density at radius 1 is 1.25 bits per heavy atom. The molecule has 0 aliphatic heterocycles. The number of hydrogen-bond donors (Lipinski definition) is 1. The molecule has 0 radical (unpaired) electrons. The zero-order valence-electron chi connectivity index (χ0n) is 9.05. The second kappa shape index (κ2) is 3.53. The van der Waals surface area contributed by atoms with Crippen LogP contribution in [-0.4, -0.2) is 4.98 Å². The summed E-state index contributed by atoms with van der Waals surface area (Å²) in [5.74, 6) is 0. The number of benzene rings is 1. The van der Waals surface area contributed by atoms with E-state index in [9.17, 15) is 0 Å². The van der Waals surface area contributed by atoms with Crippen LogP contribution in [0.25, 0.3) is 23.1 Å². The van der Waals surface area contributed by atoms with E-state index in [1.54, 1.807) is 0 Å². The largest absolute Gasteiger partial charge is 0.355 e. The third-order valence-corrected chi connectivity index (χ3v) is 3.23. The van der Waals surface area contributed by atoms with Crippen LogP contribution < -0.4 is 10.6 Å². The number of H-pyrrole nitrogens is 1. The van der Waals surface area contributed by atoms with Gasteiger partial charge in [-0.3, -0.25) is 0 Å². The molecular formula is C14H12ClN. The predicted molar refractivity (Wildman–Crippen MR) is 69.9 cm³/mol. The Morgan fingerprint density at radius 2 is 2.12 bits per heavy atom. The summed E-state index contributed by atoms with van der Waals surface area (Å²) in [5, 5.41) is 4.44. The molecule has 1 N–H and O–H groups in total. The first kappa shape index (κ1) is 9.73. The molecule has 0 spiro atoms. The van der Waals surface area contributed by atoms with Gasteiger partial charge in [0.25, 0.3) is 0 Å². The molecule has 1 aliphatic rings. The molecule has 2 heteroatoms. The number of hydrogen-bond acceptors (Lipinski definition) is 0. The van der Waals surface area contributed by atoms with Gasteiger partial charge >= 0.3 is 0 Å². The van der Waals surface area contributed by atoms with E-state index >= 15 is 0 Å². The Hall–Kier alpha value is -1.47. The molecular weight excluding hydrogens is 218 g/mol. The molecule has 1 aromatic heterocycles. The average Bonchev–Trinajstić information content (AvgIpc) is 2.50. The van der Waals surface area contributed by atoms with Crippen molar-refractivity contribution < 1.29 is 0 Å². The minimum atomic E-state index is 0.789. The van der Waals surface area contributed by atoms with Crippen molar-refractivity contribution >= 4 is 34.7 Å². The first-order valence-corrected chi connectivity index (χ1v) is 5.77. The van der Waals surface area contributed by atoms with Crippen molar-refractivity contribution in [1.29, 1.82) is 0 Å². The molecule has 0 saturated heterocycles. The van der Waals surface area contributed by atoms with Crippen LogP contribution in [0, 0.1) is 0 Å². The van der Waals surface area contributed by atoms with E-state index in [-0.39, 0.29) is 0 Å². The molecule has 80 valence electrons. The van der Waals surface area contributed by atoms with Crippen LogP contribution in [0.3, 0.4) is 0 Å². The highest BCUT2D eigenvalue weighted by atomic mass is 35.5. The van der Waals surface area contributed by atoms with Gasteiger partial charge in [0.2, 0.25) is 0 Å². The lowest BCUT2D eigenvalue weighted by Gasteiger charge is -1.92. The summed E-state index contributed by atoms with van der Waals surface area (Å²) in [4.78, 5) is 3.41. The second-order valence-electron chi connectivity index (χ2n) is 4.23. The summed E-state index contributed by atoms with van der Waals surface area (Å²) in [6, 6.07) is 5.97. The second-order valence-corrected chi connectivity index (χ2v) is 4.67. The summed E-state index contributed by atoms with van der Waals surface area (Å²) in [7, 11) is 0. The fourth-order valence-electron chi connectivity index (χ4n) is 2.11. The Bertz CT molecular complexity index is 704. The van der Waals surface area contributed by atoms with Crippen LogP contribution >= 0.6 is 11.6 Å². The molecule has 1 nitrogen and oxygen atoms in total. The minimum Gasteiger partial charge on any atom is -0.355 e. The zero-order valence-corrected chi connectivity index (χ0v) is 9.81. The number of allylic oxidation sites excluding steroid dienone is 2. The molecule has 1 heterocycles. The fraction of sp³-hybridized carbons (Fsp3) is 0.143. The number of aromatic amines is 1. The average molecular weight is 230 g/mol. The van der Waals surface area contributed by atoms with E-state index in [4.69, 9.17) is 11.6 Å². The van der Waals surface area contributed by atoms with Crippen molar-refractivity contribution in [2.24, 2.45) is 0 Å². The molecule has 0 amide bonds. The molecule has 0 saturated carbocycles. The Morgan fingerprint density at radius 3 is 3.00 bits per heavy atom. The van der Waals surface area contributed by atoms with Gasteiger partial charge in [-0.15, -0.1) is 0 Å². The third-order valence-electron chi connectivity index (χ3n) is 2.99. The van der Waals surface area contributed by atoms with Crippen LogP contribution in [0.15, 0.2) is 29.8 Å². The van der Waals surface area contributed by atoms with Crippen molar-refractivity contribution in [3.63, 3.8) is 0 Å². The van der Waals surface area contributed by atoms with Crippen LogP contribution in [0.5, 0.6) is 0 Å². The first-order valence-electron chi connectivity index (χ1n) is 5.39. The zero-order chi connectivity index (χ0) is 11.1. The lowest BCUT2D eigenvalue weighted by atomic mass is 10.2. The van der Waals surface area contributed by atoms with E-state index in [1.165, 1.54) is 21.5 Å². The molecule has 16 heavy (non-hydrogen) atoms. The minimum absolute atomic E-state index is 0.789. The summed E-state index contributed by atoms with van der Waals surface area (Å²) in [6.07, 6.45) is 7.57. The number of rotatable bonds is 0. The summed E-state index contributed by atoms with van der Waals surface area (Å²) in [6.45, 7) is 2.15. The topological polar surface area (TPSA) is 15.8 Å². The van der Waals surface area contributed by atoms with Crippen molar-refractivity contribution in [1.82, 2.24) is 4.98 Å². The lowest BCUT2D eigenvalue weighted by molar-refractivity contribution is 1.27. The highest BCUT2D eigenvalue weighted by molar-refractivity contribution is 6.31. The Kier molecular flexibility index (Phi) is 2.15. The predicted octanol–water partition coefficient (Wildman–Crippen LogP) is 2.73. The fourth-order valence-corrected chi connectivity index (χ4v) is 2.29. The summed E-state index contributed by atoms with van der Waals surface area (Å²) in [5.41, 5.74) is 2.52. The van der Waals surface area contributed by atoms with Crippen LogP contribution in [-0.2, 0) is 0 Å². The van der Waals surface area contributed by atoms with Gasteiger partial charge < -0.3 is 4.98 Å². The van der Waals surface area contributed by atoms with Gasteiger partial charge in [0.05, 0.1) is 0 Å². The highest BCUT2D eigenvalue weighted by Crippen LogP contribution is 2.14. The number of halogens is 1. The molecule has 1 aromatic carbocycles. The van der Waals surface area contributed by atoms with Gasteiger partial charge in [-0.2, -0.15) is 0 Å².